The van der Waals surface area contributed by atoms with E-state index in [2.05, 4.69) is 37.8 Å². The van der Waals surface area contributed by atoms with E-state index in [1.165, 1.54) is 0 Å². The quantitative estimate of drug-likeness (QED) is 0.261. The minimum absolute atomic E-state index is 0.184. The maximum absolute atomic E-state index is 13.2. The summed E-state index contributed by atoms with van der Waals surface area (Å²) in [5.41, 5.74) is 7.71. The molecule has 3 nitrogen and oxygen atoms in total. The van der Waals surface area contributed by atoms with Gasteiger partial charge in [-0.2, -0.15) is 0 Å². The van der Waals surface area contributed by atoms with E-state index in [0.717, 1.165) is 12.1 Å². The molecule has 0 amide bonds. The zero-order valence-electron chi connectivity index (χ0n) is 8.04. The Morgan fingerprint density at radius 2 is 2.00 bits per heavy atom. The highest BCUT2D eigenvalue weighted by Crippen LogP contribution is 2.18. The predicted molar refractivity (Wildman–Crippen MR) is 59.6 cm³/mol. The van der Waals surface area contributed by atoms with Gasteiger partial charge in [-0.3, -0.25) is 0 Å². The van der Waals surface area contributed by atoms with Crippen molar-refractivity contribution in [1.29, 1.82) is 0 Å². The van der Waals surface area contributed by atoms with Gasteiger partial charge in [0.2, 0.25) is 0 Å². The van der Waals surface area contributed by atoms with Gasteiger partial charge in [-0.05, 0) is 17.7 Å². The van der Waals surface area contributed by atoms with Crippen LogP contribution in [0.2, 0.25) is 0 Å². The molecule has 6 heteroatoms. The van der Waals surface area contributed by atoms with Gasteiger partial charge < -0.3 is 0 Å². The lowest BCUT2D eigenvalue weighted by molar-refractivity contribution is 0.576. The van der Waals surface area contributed by atoms with Gasteiger partial charge in [0, 0.05) is 22.4 Å². The molecule has 0 bridgehead atoms. The first-order chi connectivity index (χ1) is 7.65. The van der Waals surface area contributed by atoms with Crippen molar-refractivity contribution in [2.24, 2.45) is 5.11 Å². The minimum atomic E-state index is -0.719. The van der Waals surface area contributed by atoms with Crippen LogP contribution in [0.15, 0.2) is 21.7 Å². The molecule has 0 aliphatic rings. The Morgan fingerprint density at radius 3 is 2.56 bits per heavy atom. The molecule has 0 radical (unpaired) electrons. The van der Waals surface area contributed by atoms with E-state index in [9.17, 15) is 8.78 Å². The molecule has 0 atom stereocenters. The summed E-state index contributed by atoms with van der Waals surface area (Å²) in [6, 6.07) is 2.28. The van der Waals surface area contributed by atoms with E-state index in [4.69, 9.17) is 5.53 Å². The molecule has 0 N–H and O–H groups in total. The van der Waals surface area contributed by atoms with Crippen molar-refractivity contribution in [3.63, 3.8) is 0 Å². The van der Waals surface area contributed by atoms with Gasteiger partial charge in [-0.15, -0.1) is 0 Å². The first-order valence-electron chi connectivity index (χ1n) is 4.29. The minimum Gasteiger partial charge on any atom is -0.205 e. The Hall–Kier alpha value is -1.57. The van der Waals surface area contributed by atoms with Gasteiger partial charge in [0.15, 0.2) is 0 Å². The number of rotatable bonds is 2. The smallest absolute Gasteiger partial charge is 0.142 e. The zero-order valence-corrected chi connectivity index (χ0v) is 9.63. The monoisotopic (exact) mass is 285 g/mol. The van der Waals surface area contributed by atoms with Crippen molar-refractivity contribution in [3.8, 4) is 11.8 Å². The van der Waals surface area contributed by atoms with Crippen LogP contribution >= 0.6 is 15.9 Å². The molecule has 0 saturated heterocycles. The lowest BCUT2D eigenvalue weighted by Gasteiger charge is -1.97. The molecular formula is C10H6BrF2N3. The van der Waals surface area contributed by atoms with Gasteiger partial charge in [-0.1, -0.05) is 32.9 Å². The number of halogens is 3. The van der Waals surface area contributed by atoms with Crippen LogP contribution in [-0.4, -0.2) is 6.54 Å². The SMILES string of the molecule is [N-]=[N+]=NCCC#Cc1c(F)cc(Br)cc1F. The van der Waals surface area contributed by atoms with Gasteiger partial charge in [0.1, 0.15) is 11.6 Å². The number of hydrogen-bond acceptors (Lipinski definition) is 1. The number of benzene rings is 1. The van der Waals surface area contributed by atoms with Crippen molar-refractivity contribution in [1.82, 2.24) is 0 Å². The Labute approximate surface area is 99.2 Å². The van der Waals surface area contributed by atoms with Gasteiger partial charge in [0.05, 0.1) is 5.56 Å². The summed E-state index contributed by atoms with van der Waals surface area (Å²) >= 11 is 2.97. The largest absolute Gasteiger partial charge is 0.205 e. The van der Waals surface area contributed by atoms with E-state index < -0.39 is 11.6 Å². The van der Waals surface area contributed by atoms with Crippen LogP contribution in [-0.2, 0) is 0 Å². The maximum Gasteiger partial charge on any atom is 0.142 e. The third-order valence-electron chi connectivity index (χ3n) is 1.62. The number of azide groups is 1. The van der Waals surface area contributed by atoms with Crippen LogP contribution in [0.4, 0.5) is 8.78 Å². The van der Waals surface area contributed by atoms with Crippen LogP contribution in [0.3, 0.4) is 0 Å². The maximum atomic E-state index is 13.2. The molecule has 0 spiro atoms. The van der Waals surface area contributed by atoms with Crippen molar-refractivity contribution < 1.29 is 8.78 Å². The van der Waals surface area contributed by atoms with Gasteiger partial charge in [-0.25, -0.2) is 8.78 Å². The average Bonchev–Trinajstić information content (AvgIpc) is 2.20. The summed E-state index contributed by atoms with van der Waals surface area (Å²) in [5.74, 6) is 3.45. The predicted octanol–water partition coefficient (Wildman–Crippen LogP) is 3.78. The molecule has 0 aromatic heterocycles. The second-order valence-corrected chi connectivity index (χ2v) is 3.67. The van der Waals surface area contributed by atoms with Crippen molar-refractivity contribution >= 4 is 15.9 Å². The summed E-state index contributed by atoms with van der Waals surface area (Å²) in [7, 11) is 0. The Morgan fingerprint density at radius 1 is 1.38 bits per heavy atom. The lowest BCUT2D eigenvalue weighted by atomic mass is 10.2. The Kier molecular flexibility index (Phi) is 4.77. The molecule has 82 valence electrons. The molecular weight excluding hydrogens is 280 g/mol. The number of nitrogens with zero attached hydrogens (tertiary/aromatic N) is 3. The molecule has 0 aliphatic carbocycles. The standard InChI is InChI=1S/C10H6BrF2N3/c11-7-5-9(12)8(10(13)6-7)3-1-2-4-15-16-14/h5-6H,2,4H2. The summed E-state index contributed by atoms with van der Waals surface area (Å²) in [5, 5.41) is 3.25. The number of hydrogen-bond donors (Lipinski definition) is 0. The molecule has 0 fully saturated rings. The van der Waals surface area contributed by atoms with E-state index in [0.29, 0.717) is 4.47 Å². The second kappa shape index (κ2) is 6.11. The van der Waals surface area contributed by atoms with Crippen LogP contribution in [0.25, 0.3) is 10.4 Å². The molecule has 0 saturated carbocycles. The van der Waals surface area contributed by atoms with Crippen LogP contribution in [0.5, 0.6) is 0 Å². The molecule has 16 heavy (non-hydrogen) atoms. The van der Waals surface area contributed by atoms with Crippen molar-refractivity contribution in [3.05, 3.63) is 44.2 Å². The second-order valence-electron chi connectivity index (χ2n) is 2.75. The molecule has 1 aromatic carbocycles. The first-order valence-corrected chi connectivity index (χ1v) is 5.08. The molecule has 1 aromatic rings. The first kappa shape index (κ1) is 12.5. The fourth-order valence-electron chi connectivity index (χ4n) is 0.963. The van der Waals surface area contributed by atoms with Gasteiger partial charge in [0.25, 0.3) is 0 Å². The topological polar surface area (TPSA) is 48.8 Å². The van der Waals surface area contributed by atoms with E-state index in [1.54, 1.807) is 0 Å². The molecule has 0 aliphatic heterocycles. The average molecular weight is 286 g/mol. The van der Waals surface area contributed by atoms with Crippen molar-refractivity contribution in [2.45, 2.75) is 6.42 Å². The summed E-state index contributed by atoms with van der Waals surface area (Å²) in [6.07, 6.45) is 0.263. The lowest BCUT2D eigenvalue weighted by Crippen LogP contribution is -1.90. The Balaban J connectivity index is 2.84. The fourth-order valence-corrected chi connectivity index (χ4v) is 1.37. The molecule has 0 heterocycles. The third kappa shape index (κ3) is 3.54. The van der Waals surface area contributed by atoms with E-state index in [-0.39, 0.29) is 18.5 Å². The van der Waals surface area contributed by atoms with Crippen LogP contribution in [0.1, 0.15) is 12.0 Å². The highest BCUT2D eigenvalue weighted by Gasteiger charge is 2.07. The summed E-state index contributed by atoms with van der Waals surface area (Å²) < 4.78 is 26.8. The zero-order chi connectivity index (χ0) is 12.0. The fraction of sp³-hybridized carbons (Fsp3) is 0.200. The highest BCUT2D eigenvalue weighted by atomic mass is 79.9. The molecule has 0 unspecified atom stereocenters. The molecule has 1 rings (SSSR count). The van der Waals surface area contributed by atoms with Crippen LogP contribution < -0.4 is 0 Å². The van der Waals surface area contributed by atoms with Gasteiger partial charge >= 0.3 is 0 Å². The van der Waals surface area contributed by atoms with Crippen molar-refractivity contribution in [2.75, 3.05) is 6.54 Å². The summed E-state index contributed by atoms with van der Waals surface area (Å²) in [4.78, 5) is 2.53. The highest BCUT2D eigenvalue weighted by molar-refractivity contribution is 9.10. The Bertz CT molecular complexity index is 476. The summed E-state index contributed by atoms with van der Waals surface area (Å²) in [6.45, 7) is 0.184. The van der Waals surface area contributed by atoms with E-state index >= 15 is 0 Å². The van der Waals surface area contributed by atoms with Crippen LogP contribution in [0, 0.1) is 23.5 Å². The van der Waals surface area contributed by atoms with E-state index in [1.807, 2.05) is 0 Å². The third-order valence-corrected chi connectivity index (χ3v) is 2.08. The normalized spacial score (nSPS) is 8.94.